The Hall–Kier alpha value is -8.60. The second kappa shape index (κ2) is 52.4. The van der Waals surface area contributed by atoms with E-state index < -0.39 is 70.3 Å². The summed E-state index contributed by atoms with van der Waals surface area (Å²) in [4.78, 5) is 162. The van der Waals surface area contributed by atoms with E-state index in [1.807, 2.05) is 83.1 Å². The fraction of sp³-hybridized carbons (Fsp3) is 0.730. The fourth-order valence-corrected chi connectivity index (χ4v) is 9.94. The Morgan fingerprint density at radius 3 is 0.731 bits per heavy atom. The van der Waals surface area contributed by atoms with Crippen LogP contribution in [0.1, 0.15) is 213 Å². The number of nitrogens with zero attached hydrogens (tertiary/aromatic N) is 6. The Kier molecular flexibility index (Phi) is 48.0. The van der Waals surface area contributed by atoms with Crippen molar-refractivity contribution in [3.63, 3.8) is 0 Å². The van der Waals surface area contributed by atoms with Crippen molar-refractivity contribution in [2.45, 2.75) is 235 Å². The van der Waals surface area contributed by atoms with Crippen molar-refractivity contribution in [2.75, 3.05) is 118 Å². The third-order valence-corrected chi connectivity index (χ3v) is 15.9. The molecular formula is C74H130N12O18. The van der Waals surface area contributed by atoms with Gasteiger partial charge in [0.05, 0.1) is 39.4 Å². The van der Waals surface area contributed by atoms with Crippen molar-refractivity contribution in [1.29, 1.82) is 0 Å². The SMILES string of the molecule is C=CC(=O)OCCN(C(=O)NCCCCCCNC(=O)N(CCCCCCNC(=O)N(CCOC(=O)C(=C)C)C(C)(C)C)C(=O)OCCCCOC(=O)N(CCCCCCNC(=O)N(CCOC(=O)C=C)C(C)(C)C)C(=O)NCCCCCCNC(=O)N(CCOC(=O)C(=C)C)C(C)(C)C)C(C)(C)C. The van der Waals surface area contributed by atoms with Crippen LogP contribution >= 0.6 is 0 Å². The molecule has 0 saturated carbocycles. The Morgan fingerprint density at radius 1 is 0.288 bits per heavy atom. The standard InChI is InChI=1S/C74H130N12O18/c1-19-59(87)99-53-47-83(71(7,8)9)65(93)77-41-31-23-21-29-39-75-63(91)82(46-36-28-26-34-44-80-68(96)86(74(16,17)18)50-56-102-62(90)58(5)6)70(98)104-52-38-37-51-103-69(97)81(45-35-27-25-33-43-79-66(94)84(72(10,11)12)48-54-100-60(88)20-2)64(92)76-40-30-22-24-32-42-78-67(95)85(73(13,14)15)49-55-101-61(89)57(3)4/h19-20H,1-3,5,21-56H2,4,6-18H3,(H,75,91)(H,76,92)(H,77,93)(H,78,95)(H,79,94)(H,80,96). The highest BCUT2D eigenvalue weighted by molar-refractivity contribution is 5.92. The monoisotopic (exact) mass is 1470 g/mol. The molecule has 0 aliphatic carbocycles. The summed E-state index contributed by atoms with van der Waals surface area (Å²) in [7, 11) is 0. The number of hydrogen-bond donors (Lipinski definition) is 6. The van der Waals surface area contributed by atoms with Crippen LogP contribution in [0.15, 0.2) is 49.6 Å². The Labute approximate surface area is 619 Å². The van der Waals surface area contributed by atoms with Crippen LogP contribution in [0.2, 0.25) is 0 Å². The molecule has 0 atom stereocenters. The van der Waals surface area contributed by atoms with E-state index in [1.54, 1.807) is 33.4 Å². The second-order valence-electron chi connectivity index (χ2n) is 29.2. The average Bonchev–Trinajstić information content (AvgIpc) is 0.887. The summed E-state index contributed by atoms with van der Waals surface area (Å²) in [6.07, 6.45) is 10.9. The summed E-state index contributed by atoms with van der Waals surface area (Å²) in [6, 6.07) is -2.49. The number of nitrogens with one attached hydrogen (secondary N) is 6. The summed E-state index contributed by atoms with van der Waals surface area (Å²) >= 11 is 0. The lowest BCUT2D eigenvalue weighted by molar-refractivity contribution is -0.140. The van der Waals surface area contributed by atoms with Crippen LogP contribution in [-0.2, 0) is 47.6 Å². The van der Waals surface area contributed by atoms with E-state index in [0.717, 1.165) is 34.8 Å². The minimum atomic E-state index is -0.866. The van der Waals surface area contributed by atoms with Crippen molar-refractivity contribution in [2.24, 2.45) is 0 Å². The highest BCUT2D eigenvalue weighted by Gasteiger charge is 2.31. The van der Waals surface area contributed by atoms with Gasteiger partial charge in [0.15, 0.2) is 0 Å². The maximum absolute atomic E-state index is 13.6. The normalized spacial score (nSPS) is 11.2. The van der Waals surface area contributed by atoms with Gasteiger partial charge in [-0.1, -0.05) is 77.7 Å². The zero-order chi connectivity index (χ0) is 78.9. The van der Waals surface area contributed by atoms with E-state index in [-0.39, 0.29) is 140 Å². The molecular weight excluding hydrogens is 1340 g/mol. The van der Waals surface area contributed by atoms with Crippen LogP contribution in [0.3, 0.4) is 0 Å². The molecule has 594 valence electrons. The number of esters is 4. The minimum absolute atomic E-state index is 0.00546. The molecule has 6 N–H and O–H groups in total. The zero-order valence-electron chi connectivity index (χ0n) is 65.5. The van der Waals surface area contributed by atoms with Gasteiger partial charge in [-0.15, -0.1) is 0 Å². The number of unbranched alkanes of at least 4 members (excludes halogenated alkanes) is 13. The van der Waals surface area contributed by atoms with Crippen LogP contribution in [0.25, 0.3) is 0 Å². The van der Waals surface area contributed by atoms with E-state index in [2.05, 4.69) is 58.2 Å². The predicted octanol–water partition coefficient (Wildman–Crippen LogP) is 11.2. The maximum atomic E-state index is 13.6. The van der Waals surface area contributed by atoms with Crippen molar-refractivity contribution >= 4 is 72.3 Å². The first-order valence-corrected chi connectivity index (χ1v) is 36.7. The Balaban J connectivity index is 5.85. The third kappa shape index (κ3) is 44.1. The van der Waals surface area contributed by atoms with E-state index in [9.17, 15) is 57.5 Å². The van der Waals surface area contributed by atoms with Crippen LogP contribution in [0.5, 0.6) is 0 Å². The molecule has 0 radical (unpaired) electrons. The quantitative estimate of drug-likeness (QED) is 0.0143. The van der Waals surface area contributed by atoms with Gasteiger partial charge in [-0.25, -0.2) is 67.3 Å². The molecule has 0 spiro atoms. The maximum Gasteiger partial charge on any atom is 0.417 e. The van der Waals surface area contributed by atoms with Gasteiger partial charge in [0.2, 0.25) is 0 Å². The molecule has 0 saturated heterocycles. The number of hydrogen-bond acceptors (Lipinski definition) is 18. The summed E-state index contributed by atoms with van der Waals surface area (Å²) in [5.74, 6) is -2.22. The van der Waals surface area contributed by atoms with Gasteiger partial charge in [0, 0.05) is 97.8 Å². The average molecular weight is 1480 g/mol. The molecule has 0 aromatic heterocycles. The van der Waals surface area contributed by atoms with Crippen molar-refractivity contribution < 1.29 is 86.0 Å². The molecule has 14 amide bonds. The molecule has 0 heterocycles. The lowest BCUT2D eigenvalue weighted by Crippen LogP contribution is -2.52. The van der Waals surface area contributed by atoms with E-state index >= 15 is 0 Å². The first-order valence-electron chi connectivity index (χ1n) is 36.7. The number of carbonyl (C=O) groups is 12. The van der Waals surface area contributed by atoms with Crippen LogP contribution < -0.4 is 31.9 Å². The van der Waals surface area contributed by atoms with Crippen molar-refractivity contribution in [1.82, 2.24) is 61.3 Å². The summed E-state index contributed by atoms with van der Waals surface area (Å²) in [5, 5.41) is 17.4. The summed E-state index contributed by atoms with van der Waals surface area (Å²) < 4.78 is 31.8. The number of carbonyl (C=O) groups excluding carboxylic acids is 12. The van der Waals surface area contributed by atoms with Crippen molar-refractivity contribution in [3.8, 4) is 0 Å². The van der Waals surface area contributed by atoms with Crippen molar-refractivity contribution in [3.05, 3.63) is 49.6 Å². The molecule has 0 aliphatic rings. The zero-order valence-corrected chi connectivity index (χ0v) is 65.5. The Bertz CT molecular complexity index is 2720. The van der Waals surface area contributed by atoms with Gasteiger partial charge in [0.25, 0.3) is 0 Å². The first kappa shape index (κ1) is 95.4. The van der Waals surface area contributed by atoms with Gasteiger partial charge < -0.3 is 79.9 Å². The molecule has 0 bridgehead atoms. The number of rotatable bonds is 49. The van der Waals surface area contributed by atoms with Gasteiger partial charge in [-0.3, -0.25) is 0 Å². The number of ether oxygens (including phenoxy) is 6. The van der Waals surface area contributed by atoms with Gasteiger partial charge in [0.1, 0.15) is 26.4 Å². The Morgan fingerprint density at radius 2 is 0.510 bits per heavy atom. The largest absolute Gasteiger partial charge is 0.461 e. The summed E-state index contributed by atoms with van der Waals surface area (Å²) in [6.45, 7) is 42.3. The van der Waals surface area contributed by atoms with Gasteiger partial charge in [-0.05, 0) is 161 Å². The fourth-order valence-electron chi connectivity index (χ4n) is 9.94. The number of imide groups is 2. The second-order valence-corrected chi connectivity index (χ2v) is 29.2. The number of amides is 14. The lowest BCUT2D eigenvalue weighted by Gasteiger charge is -2.35. The molecule has 104 heavy (non-hydrogen) atoms. The van der Waals surface area contributed by atoms with E-state index in [4.69, 9.17) is 28.4 Å². The molecule has 30 heteroatoms. The highest BCUT2D eigenvalue weighted by atomic mass is 16.6. The molecule has 0 aliphatic heterocycles. The van der Waals surface area contributed by atoms with Crippen LogP contribution in [0, 0.1) is 0 Å². The van der Waals surface area contributed by atoms with Crippen LogP contribution in [-0.4, -0.2) is 242 Å². The first-order chi connectivity index (χ1) is 48.8. The van der Waals surface area contributed by atoms with E-state index in [1.165, 1.54) is 0 Å². The van der Waals surface area contributed by atoms with Gasteiger partial charge >= 0.3 is 72.3 Å². The number of urea groups is 6. The minimum Gasteiger partial charge on any atom is -0.461 e. The molecule has 0 fully saturated rings. The molecule has 30 nitrogen and oxygen atoms in total. The predicted molar refractivity (Wildman–Crippen MR) is 399 cm³/mol. The van der Waals surface area contributed by atoms with E-state index in [0.29, 0.717) is 116 Å². The van der Waals surface area contributed by atoms with Gasteiger partial charge in [-0.2, -0.15) is 0 Å². The smallest absolute Gasteiger partial charge is 0.417 e. The molecule has 0 rings (SSSR count). The topological polar surface area (TPSA) is 352 Å². The third-order valence-electron chi connectivity index (χ3n) is 15.9. The molecule has 0 aromatic carbocycles. The van der Waals surface area contributed by atoms with Crippen LogP contribution in [0.4, 0.5) is 38.4 Å². The summed E-state index contributed by atoms with van der Waals surface area (Å²) in [5.41, 5.74) is -1.66. The lowest BCUT2D eigenvalue weighted by atomic mass is 10.1. The highest BCUT2D eigenvalue weighted by Crippen LogP contribution is 2.18. The molecule has 0 aromatic rings. The molecule has 0 unspecified atom stereocenters.